The topological polar surface area (TPSA) is 34.7 Å². The summed E-state index contributed by atoms with van der Waals surface area (Å²) in [4.78, 5) is 0. The molecule has 0 unspecified atom stereocenters. The Morgan fingerprint density at radius 3 is 2.25 bits per heavy atom. The first-order valence-electron chi connectivity index (χ1n) is 0.866. The molecule has 0 aliphatic heterocycles. The Morgan fingerprint density at radius 2 is 2.25 bits per heavy atom. The van der Waals surface area contributed by atoms with Crippen LogP contribution >= 0.6 is 0 Å². The Labute approximate surface area is 24.7 Å². The van der Waals surface area contributed by atoms with E-state index in [4.69, 9.17) is 5.53 Å². The quantitative estimate of drug-likeness (QED) is 0.389. The van der Waals surface area contributed by atoms with Crippen molar-refractivity contribution in [3.63, 3.8) is 0 Å². The summed E-state index contributed by atoms with van der Waals surface area (Å²) >= 11 is 0. The van der Waals surface area contributed by atoms with Gasteiger partial charge in [0, 0.05) is 6.20 Å². The molecule has 0 aromatic heterocycles. The molecule has 0 fully saturated rings. The van der Waals surface area contributed by atoms with Gasteiger partial charge in [-0.2, -0.15) is 0 Å². The molecule has 2 heteroatoms. The van der Waals surface area contributed by atoms with Gasteiger partial charge in [-0.15, -0.1) is 5.11 Å². The standard InChI is InChI=1S/C2H3N2/c1-2-4-3/h2H,1H2. The van der Waals surface area contributed by atoms with Gasteiger partial charge < -0.3 is 0 Å². The van der Waals surface area contributed by atoms with Crippen LogP contribution in [0.5, 0.6) is 0 Å². The molecule has 0 rings (SSSR count). The minimum atomic E-state index is 1.06. The summed E-state index contributed by atoms with van der Waals surface area (Å²) in [5.41, 5.74) is 7.38. The van der Waals surface area contributed by atoms with Crippen molar-refractivity contribution in [3.05, 3.63) is 12.8 Å². The lowest BCUT2D eigenvalue weighted by atomic mass is 11.1. The smallest absolute Gasteiger partial charge is 0.0442 e. The molecule has 0 saturated heterocycles. The molecule has 0 aromatic rings. The summed E-state index contributed by atoms with van der Waals surface area (Å²) in [6.45, 7) is 3.06. The fraction of sp³-hybridized carbons (Fsp3) is 0. The second-order valence-electron chi connectivity index (χ2n) is 0.298. The van der Waals surface area contributed by atoms with Crippen molar-refractivity contribution in [2.45, 2.75) is 0 Å². The van der Waals surface area contributed by atoms with Crippen LogP contribution in [0.15, 0.2) is 17.9 Å². The summed E-state index contributed by atoms with van der Waals surface area (Å²) < 4.78 is 0. The molecule has 2 nitrogen and oxygen atoms in total. The molecule has 0 aliphatic rings. The van der Waals surface area contributed by atoms with Crippen molar-refractivity contribution >= 4 is 0 Å². The van der Waals surface area contributed by atoms with Crippen LogP contribution in [0.2, 0.25) is 0 Å². The van der Waals surface area contributed by atoms with Crippen LogP contribution in [0.1, 0.15) is 0 Å². The fourth-order valence-corrected chi connectivity index (χ4v) is 0. The highest BCUT2D eigenvalue weighted by molar-refractivity contribution is 4.53. The van der Waals surface area contributed by atoms with E-state index in [9.17, 15) is 0 Å². The van der Waals surface area contributed by atoms with Gasteiger partial charge in [0.25, 0.3) is 0 Å². The van der Waals surface area contributed by atoms with E-state index < -0.39 is 0 Å². The van der Waals surface area contributed by atoms with E-state index in [1.807, 2.05) is 0 Å². The van der Waals surface area contributed by atoms with Crippen molar-refractivity contribution in [3.8, 4) is 0 Å². The molecule has 0 amide bonds. The van der Waals surface area contributed by atoms with Gasteiger partial charge in [-0.3, -0.25) is 0 Å². The van der Waals surface area contributed by atoms with Crippen LogP contribution in [0.3, 0.4) is 0 Å². The van der Waals surface area contributed by atoms with Crippen LogP contribution in [0, 0.1) is 0 Å². The molecular weight excluding hydrogens is 52.0 g/mol. The van der Waals surface area contributed by atoms with Crippen molar-refractivity contribution in [1.29, 1.82) is 0 Å². The fourth-order valence-electron chi connectivity index (χ4n) is 0. The Hall–Kier alpha value is -0.660. The van der Waals surface area contributed by atoms with E-state index in [1.54, 1.807) is 0 Å². The first kappa shape index (κ1) is 3.34. The zero-order valence-corrected chi connectivity index (χ0v) is 2.18. The SMILES string of the molecule is C=CN=[N]. The molecule has 21 valence electrons. The summed E-state index contributed by atoms with van der Waals surface area (Å²) in [6.07, 6.45) is 1.06. The molecular formula is C2H3N2. The van der Waals surface area contributed by atoms with Gasteiger partial charge in [0.05, 0.1) is 0 Å². The Kier molecular flexibility index (Phi) is 1.95. The largest absolute Gasteiger partial charge is 0.138 e. The van der Waals surface area contributed by atoms with Crippen molar-refractivity contribution in [2.24, 2.45) is 5.11 Å². The highest BCUT2D eigenvalue weighted by Crippen LogP contribution is 1.49. The second kappa shape index (κ2) is 2.34. The predicted molar refractivity (Wildman–Crippen MR) is 14.8 cm³/mol. The third kappa shape index (κ3) is 1.34. The average Bonchev–Trinajstić information content (AvgIpc) is 1.37. The summed E-state index contributed by atoms with van der Waals surface area (Å²) in [5.74, 6) is 0. The monoisotopic (exact) mass is 55.0 g/mol. The lowest BCUT2D eigenvalue weighted by Gasteiger charge is -1.42. The number of hydrogen-bond donors (Lipinski definition) is 0. The molecule has 0 bridgehead atoms. The van der Waals surface area contributed by atoms with Gasteiger partial charge in [-0.05, 0) is 5.53 Å². The van der Waals surface area contributed by atoms with Crippen LogP contribution in [0.25, 0.3) is 0 Å². The molecule has 1 radical (unpaired) electrons. The van der Waals surface area contributed by atoms with Crippen LogP contribution in [-0.4, -0.2) is 0 Å². The van der Waals surface area contributed by atoms with E-state index in [2.05, 4.69) is 11.7 Å². The van der Waals surface area contributed by atoms with Crippen LogP contribution in [-0.2, 0) is 0 Å². The number of hydrogen-bond acceptors (Lipinski definition) is 1. The zero-order chi connectivity index (χ0) is 3.41. The third-order valence-electron chi connectivity index (χ3n) is 0.0816. The lowest BCUT2D eigenvalue weighted by Crippen LogP contribution is -1.31. The number of nitrogens with zero attached hydrogens (tertiary/aromatic N) is 2. The van der Waals surface area contributed by atoms with Gasteiger partial charge in [0.2, 0.25) is 0 Å². The molecule has 0 spiro atoms. The number of rotatable bonds is 1. The maximum absolute atomic E-state index is 7.38. The van der Waals surface area contributed by atoms with Crippen LogP contribution < -0.4 is 5.53 Å². The predicted octanol–water partition coefficient (Wildman–Crippen LogP) is 0.382. The van der Waals surface area contributed by atoms with Crippen molar-refractivity contribution < 1.29 is 0 Å². The molecule has 0 aliphatic carbocycles. The Morgan fingerprint density at radius 1 is 2.00 bits per heavy atom. The van der Waals surface area contributed by atoms with Crippen LogP contribution in [0.4, 0.5) is 0 Å². The molecule has 0 atom stereocenters. The minimum Gasteiger partial charge on any atom is -0.138 e. The van der Waals surface area contributed by atoms with E-state index in [1.165, 1.54) is 0 Å². The first-order valence-corrected chi connectivity index (χ1v) is 0.866. The average molecular weight is 55.1 g/mol. The maximum Gasteiger partial charge on any atom is 0.0442 e. The molecule has 0 N–H and O–H groups in total. The third-order valence-corrected chi connectivity index (χ3v) is 0.0816. The first-order chi connectivity index (χ1) is 1.91. The van der Waals surface area contributed by atoms with E-state index in [-0.39, 0.29) is 0 Å². The van der Waals surface area contributed by atoms with E-state index >= 15 is 0 Å². The summed E-state index contributed by atoms with van der Waals surface area (Å²) in [6, 6.07) is 0. The van der Waals surface area contributed by atoms with Gasteiger partial charge in [0.15, 0.2) is 0 Å². The molecule has 0 saturated carbocycles. The summed E-state index contributed by atoms with van der Waals surface area (Å²) in [5, 5.41) is 2.50. The van der Waals surface area contributed by atoms with E-state index in [0.29, 0.717) is 0 Å². The lowest BCUT2D eigenvalue weighted by molar-refractivity contribution is 1.31. The minimum absolute atomic E-state index is 1.06. The Bertz CT molecular complexity index is 25.0. The van der Waals surface area contributed by atoms with Gasteiger partial charge >= 0.3 is 0 Å². The maximum atomic E-state index is 7.38. The van der Waals surface area contributed by atoms with Gasteiger partial charge in [-0.1, -0.05) is 6.58 Å². The highest BCUT2D eigenvalue weighted by atomic mass is 14.9. The normalized spacial score (nSPS) is 5.00. The molecule has 0 heterocycles. The zero-order valence-electron chi connectivity index (χ0n) is 2.18. The van der Waals surface area contributed by atoms with Crippen molar-refractivity contribution in [1.82, 2.24) is 5.53 Å². The van der Waals surface area contributed by atoms with Gasteiger partial charge in [0.1, 0.15) is 0 Å². The second-order valence-corrected chi connectivity index (χ2v) is 0.298. The van der Waals surface area contributed by atoms with Gasteiger partial charge in [-0.25, -0.2) is 0 Å². The summed E-state index contributed by atoms with van der Waals surface area (Å²) in [7, 11) is 0. The molecule has 4 heavy (non-hydrogen) atoms. The molecule has 0 aromatic carbocycles. The van der Waals surface area contributed by atoms with Crippen molar-refractivity contribution in [2.75, 3.05) is 0 Å². The van der Waals surface area contributed by atoms with E-state index in [0.717, 1.165) is 6.20 Å². The Balaban J connectivity index is 2.73. The highest BCUT2D eigenvalue weighted by Gasteiger charge is 1.32.